The molecule has 0 unspecified atom stereocenters. The van der Waals surface area contributed by atoms with Crippen LogP contribution < -0.4 is 4.74 Å². The van der Waals surface area contributed by atoms with Gasteiger partial charge in [-0.2, -0.15) is 0 Å². The maximum atomic E-state index is 12.5. The van der Waals surface area contributed by atoms with Gasteiger partial charge < -0.3 is 9.64 Å². The fourth-order valence-corrected chi connectivity index (χ4v) is 3.14. The van der Waals surface area contributed by atoms with Crippen LogP contribution in [0, 0.1) is 0 Å². The van der Waals surface area contributed by atoms with Crippen LogP contribution in [0.5, 0.6) is 5.75 Å². The largest absolute Gasteiger partial charge is 0.496 e. The fraction of sp³-hybridized carbons (Fsp3) is 0.632. The van der Waals surface area contributed by atoms with Crippen LogP contribution in [0.15, 0.2) is 24.3 Å². The van der Waals surface area contributed by atoms with Crippen LogP contribution in [0.2, 0.25) is 0 Å². The third-order valence-corrected chi connectivity index (χ3v) is 4.91. The number of methoxy groups -OCH3 is 1. The zero-order valence-electron chi connectivity index (χ0n) is 15.5. The van der Waals surface area contributed by atoms with Crippen molar-refractivity contribution in [2.45, 2.75) is 40.2 Å². The summed E-state index contributed by atoms with van der Waals surface area (Å²) in [5, 5.41) is 0. The Kier molecular flexibility index (Phi) is 8.28. The van der Waals surface area contributed by atoms with Crippen molar-refractivity contribution in [2.24, 2.45) is 0 Å². The van der Waals surface area contributed by atoms with E-state index < -0.39 is 0 Å². The van der Waals surface area contributed by atoms with Crippen molar-refractivity contribution in [2.75, 3.05) is 40.3 Å². The van der Waals surface area contributed by atoms with Crippen LogP contribution in [-0.2, 0) is 11.3 Å². The lowest BCUT2D eigenvalue weighted by atomic mass is 10.1. The van der Waals surface area contributed by atoms with Gasteiger partial charge in [-0.05, 0) is 46.9 Å². The molecule has 0 radical (unpaired) electrons. The van der Waals surface area contributed by atoms with Crippen molar-refractivity contribution in [1.82, 2.24) is 4.90 Å². The predicted molar refractivity (Wildman–Crippen MR) is 95.5 cm³/mol. The van der Waals surface area contributed by atoms with Gasteiger partial charge in [-0.15, -0.1) is 0 Å². The number of benzene rings is 1. The molecule has 0 aliphatic carbocycles. The van der Waals surface area contributed by atoms with Crippen LogP contribution in [0.25, 0.3) is 0 Å². The Morgan fingerprint density at radius 3 is 2.30 bits per heavy atom. The lowest BCUT2D eigenvalue weighted by Crippen LogP contribution is -2.52. The Balaban J connectivity index is 2.48. The quantitative estimate of drug-likeness (QED) is 0.619. The maximum absolute atomic E-state index is 12.5. The number of hydrogen-bond acceptors (Lipinski definition) is 3. The van der Waals surface area contributed by atoms with Crippen molar-refractivity contribution in [3.05, 3.63) is 29.8 Å². The summed E-state index contributed by atoms with van der Waals surface area (Å²) >= 11 is 0. The van der Waals surface area contributed by atoms with Crippen molar-refractivity contribution < 1.29 is 14.0 Å². The van der Waals surface area contributed by atoms with Crippen LogP contribution in [-0.4, -0.2) is 55.6 Å². The van der Waals surface area contributed by atoms with Gasteiger partial charge in [0.2, 0.25) is 0 Å². The van der Waals surface area contributed by atoms with Crippen LogP contribution in [0.3, 0.4) is 0 Å². The highest BCUT2D eigenvalue weighted by Crippen LogP contribution is 2.19. The van der Waals surface area contributed by atoms with E-state index in [-0.39, 0.29) is 0 Å². The first-order valence-corrected chi connectivity index (χ1v) is 8.72. The average molecular weight is 321 g/mol. The van der Waals surface area contributed by atoms with Crippen molar-refractivity contribution in [1.29, 1.82) is 0 Å². The van der Waals surface area contributed by atoms with Gasteiger partial charge in [-0.3, -0.25) is 4.48 Å². The monoisotopic (exact) mass is 321 g/mol. The van der Waals surface area contributed by atoms with Gasteiger partial charge in [0, 0.05) is 12.1 Å². The first-order valence-electron chi connectivity index (χ1n) is 8.72. The molecule has 0 aliphatic rings. The lowest BCUT2D eigenvalue weighted by molar-refractivity contribution is -0.849. The molecular formula is C19H33N2O2+. The molecule has 23 heavy (non-hydrogen) atoms. The molecular weight excluding hydrogens is 288 g/mol. The first-order chi connectivity index (χ1) is 11.0. The molecule has 1 aromatic carbocycles. The molecule has 4 nitrogen and oxygen atoms in total. The normalized spacial score (nSPS) is 11.7. The zero-order valence-corrected chi connectivity index (χ0v) is 15.5. The molecule has 1 aromatic rings. The number of nitrogens with zero attached hydrogens (tertiary/aromatic N) is 2. The highest BCUT2D eigenvalue weighted by Gasteiger charge is 2.30. The zero-order chi connectivity index (χ0) is 17.3. The first kappa shape index (κ1) is 19.7. The lowest BCUT2D eigenvalue weighted by Gasteiger charge is -2.33. The number of carbonyl (C=O) groups is 1. The van der Waals surface area contributed by atoms with Gasteiger partial charge in [0.25, 0.3) is 0 Å². The number of rotatable bonds is 10. The number of para-hydroxylation sites is 1. The molecule has 0 aliphatic heterocycles. The topological polar surface area (TPSA) is 29.5 Å². The van der Waals surface area contributed by atoms with E-state index in [4.69, 9.17) is 4.74 Å². The van der Waals surface area contributed by atoms with E-state index in [2.05, 4.69) is 38.8 Å². The van der Waals surface area contributed by atoms with E-state index in [1.54, 1.807) is 7.11 Å². The second-order valence-electron chi connectivity index (χ2n) is 6.14. The van der Waals surface area contributed by atoms with Crippen LogP contribution >= 0.6 is 0 Å². The van der Waals surface area contributed by atoms with Gasteiger partial charge in [0.05, 0.1) is 33.2 Å². The van der Waals surface area contributed by atoms with Crippen molar-refractivity contribution in [3.63, 3.8) is 0 Å². The van der Waals surface area contributed by atoms with E-state index >= 15 is 0 Å². The Morgan fingerprint density at radius 1 is 1.13 bits per heavy atom. The number of hydrogen-bond donors (Lipinski definition) is 0. The summed E-state index contributed by atoms with van der Waals surface area (Å²) in [7, 11) is 3.80. The summed E-state index contributed by atoms with van der Waals surface area (Å²) in [5.41, 5.74) is 1.18. The minimum absolute atomic E-state index is 0.378. The highest BCUT2D eigenvalue weighted by molar-refractivity contribution is 5.69. The number of ether oxygens (including phenoxy) is 1. The third kappa shape index (κ3) is 5.33. The predicted octanol–water partition coefficient (Wildman–Crippen LogP) is 3.31. The molecule has 4 heteroatoms. The number of quaternary nitrogens is 1. The minimum Gasteiger partial charge on any atom is -0.496 e. The third-order valence-electron chi connectivity index (χ3n) is 4.91. The molecule has 0 atom stereocenters. The fourth-order valence-electron chi connectivity index (χ4n) is 3.14. The minimum atomic E-state index is 0.378. The van der Waals surface area contributed by atoms with Crippen LogP contribution in [0.4, 0.5) is 0 Å². The Morgan fingerprint density at radius 2 is 1.74 bits per heavy atom. The summed E-state index contributed by atoms with van der Waals surface area (Å²) in [6, 6.07) is 8.10. The molecule has 0 N–H and O–H groups in total. The molecule has 0 saturated heterocycles. The Labute approximate surface area is 141 Å². The summed E-state index contributed by atoms with van der Waals surface area (Å²) in [4.78, 5) is 14.8. The SMILES string of the molecule is CC[N+](CC)(CC)C(=O)CCCN(C)Cc1ccccc1OC. The number of amides is 1. The summed E-state index contributed by atoms with van der Waals surface area (Å²) in [6.07, 6.45) is 1.57. The second-order valence-corrected chi connectivity index (χ2v) is 6.14. The molecule has 0 saturated carbocycles. The Hall–Kier alpha value is -1.39. The molecule has 130 valence electrons. The summed E-state index contributed by atoms with van der Waals surface area (Å²) < 4.78 is 6.00. The number of carbonyl (C=O) groups excluding carboxylic acids is 1. The molecule has 0 heterocycles. The van der Waals surface area contributed by atoms with E-state index in [9.17, 15) is 4.79 Å². The molecule has 0 bridgehead atoms. The maximum Gasteiger partial charge on any atom is 0.313 e. The van der Waals surface area contributed by atoms with Crippen LogP contribution in [0.1, 0.15) is 39.2 Å². The standard InChI is InChI=1S/C19H33N2O2/c1-6-21(7-2,8-3)19(22)14-11-15-20(4)16-17-12-9-10-13-18(17)23-5/h9-10,12-13H,6-8,11,14-16H2,1-5H3/q+1. The van der Waals surface area contributed by atoms with E-state index in [1.165, 1.54) is 5.56 Å². The summed E-state index contributed by atoms with van der Waals surface area (Å²) in [6.45, 7) is 10.8. The van der Waals surface area contributed by atoms with E-state index in [0.29, 0.717) is 16.8 Å². The van der Waals surface area contributed by atoms with Gasteiger partial charge in [0.15, 0.2) is 0 Å². The summed E-state index contributed by atoms with van der Waals surface area (Å²) in [5.74, 6) is 1.30. The average Bonchev–Trinajstić information content (AvgIpc) is 2.57. The van der Waals surface area contributed by atoms with Crippen molar-refractivity contribution in [3.8, 4) is 5.75 Å². The van der Waals surface area contributed by atoms with Gasteiger partial charge in [-0.1, -0.05) is 18.2 Å². The van der Waals surface area contributed by atoms with Gasteiger partial charge in [-0.25, -0.2) is 4.79 Å². The molecule has 1 rings (SSSR count). The van der Waals surface area contributed by atoms with Gasteiger partial charge in [0.1, 0.15) is 5.75 Å². The van der Waals surface area contributed by atoms with Crippen molar-refractivity contribution >= 4 is 5.91 Å². The molecule has 0 aromatic heterocycles. The Bertz CT molecular complexity index is 476. The second kappa shape index (κ2) is 9.68. The van der Waals surface area contributed by atoms with E-state index in [0.717, 1.165) is 44.9 Å². The molecule has 0 fully saturated rings. The van der Waals surface area contributed by atoms with E-state index in [1.807, 2.05) is 18.2 Å². The molecule has 1 amide bonds. The smallest absolute Gasteiger partial charge is 0.313 e. The molecule has 0 spiro atoms. The van der Waals surface area contributed by atoms with Gasteiger partial charge >= 0.3 is 5.91 Å². The highest BCUT2D eigenvalue weighted by atomic mass is 16.5.